The Kier molecular flexibility index (Phi) is 14.7. The molecule has 0 amide bonds. The van der Waals surface area contributed by atoms with Crippen molar-refractivity contribution >= 4 is 43.8 Å². The molecule has 0 unspecified atom stereocenters. The predicted molar refractivity (Wildman–Crippen MR) is 266 cm³/mol. The van der Waals surface area contributed by atoms with Gasteiger partial charge >= 0.3 is 43.8 Å². The Morgan fingerprint density at radius 2 is 0.516 bits per heavy atom. The predicted octanol–water partition coefficient (Wildman–Crippen LogP) is 13.4. The van der Waals surface area contributed by atoms with Crippen LogP contribution in [-0.2, 0) is 37.6 Å². The highest BCUT2D eigenvalue weighted by Crippen LogP contribution is 2.59. The van der Waals surface area contributed by atoms with Crippen molar-refractivity contribution in [3.05, 3.63) is 287 Å². The fourth-order valence-corrected chi connectivity index (χ4v) is 14.0. The molecule has 0 bridgehead atoms. The summed E-state index contributed by atoms with van der Waals surface area (Å²) in [4.78, 5) is 0. The maximum atomic E-state index is 7.32. The van der Waals surface area contributed by atoms with Crippen LogP contribution < -0.4 is 0 Å². The summed E-state index contributed by atoms with van der Waals surface area (Å²) < 4.78 is 28.6. The minimum atomic E-state index is -1.98. The second-order valence-electron chi connectivity index (χ2n) is 16.8. The lowest BCUT2D eigenvalue weighted by Crippen LogP contribution is -2.57. The van der Waals surface area contributed by atoms with Gasteiger partial charge < -0.3 is 15.2 Å². The number of hydrogen-bond acceptors (Lipinski definition) is 4. The van der Waals surface area contributed by atoms with Crippen LogP contribution in [0.15, 0.2) is 243 Å². The molecule has 1 aliphatic rings. The zero-order chi connectivity index (χ0) is 44.5. The normalized spacial score (nSPS) is 14.2. The summed E-state index contributed by atoms with van der Waals surface area (Å²) in [6, 6.07) is 84.7. The molecule has 0 spiro atoms. The van der Waals surface area contributed by atoms with Crippen molar-refractivity contribution in [2.75, 3.05) is 0 Å². The van der Waals surface area contributed by atoms with Gasteiger partial charge in [-0.2, -0.15) is 0 Å². The second kappa shape index (κ2) is 20.6. The van der Waals surface area contributed by atoms with Gasteiger partial charge in [0.2, 0.25) is 0 Å². The van der Waals surface area contributed by atoms with Crippen LogP contribution in [0, 0.1) is 0 Å². The molecule has 1 heterocycles. The Bertz CT molecular complexity index is 2280. The van der Waals surface area contributed by atoms with Gasteiger partial charge in [0.1, 0.15) is 22.4 Å². The fraction of sp³-hybridized carbons (Fsp3) is 0.158. The van der Waals surface area contributed by atoms with E-state index in [0.29, 0.717) is 0 Å². The van der Waals surface area contributed by atoms with E-state index in [9.17, 15) is 0 Å². The van der Waals surface area contributed by atoms with E-state index in [1.807, 2.05) is 24.3 Å². The summed E-state index contributed by atoms with van der Waals surface area (Å²) in [5.74, 6) is 11.1. The summed E-state index contributed by atoms with van der Waals surface area (Å²) in [6.07, 6.45) is 0. The molecular weight excluding hydrogens is 830 g/mol. The number of hydrogen-bond donors (Lipinski definition) is 0. The first-order chi connectivity index (χ1) is 31.3. The summed E-state index contributed by atoms with van der Waals surface area (Å²) in [6.45, 7) is 0. The first-order valence-corrected chi connectivity index (χ1v) is 30.1. The van der Waals surface area contributed by atoms with E-state index < -0.39 is 66.2 Å². The van der Waals surface area contributed by atoms with E-state index in [2.05, 4.69) is 247 Å². The van der Waals surface area contributed by atoms with Crippen LogP contribution in [0.25, 0.3) is 0 Å². The molecule has 316 valence electrons. The van der Waals surface area contributed by atoms with Gasteiger partial charge in [-0.1, -0.05) is 272 Å². The van der Waals surface area contributed by atoms with Gasteiger partial charge in [-0.25, -0.2) is 0 Å². The maximum Gasteiger partial charge on any atom is 0.673 e. The van der Waals surface area contributed by atoms with Crippen LogP contribution >= 0.6 is 0 Å². The third-order valence-electron chi connectivity index (χ3n) is 11.9. The van der Waals surface area contributed by atoms with Gasteiger partial charge in [0.15, 0.2) is 0 Å². The van der Waals surface area contributed by atoms with Gasteiger partial charge in [0.05, 0.1) is 0 Å². The first-order valence-electron chi connectivity index (χ1n) is 22.4. The third-order valence-corrected chi connectivity index (χ3v) is 15.0. The molecule has 64 heavy (non-hydrogen) atoms. The molecule has 8 aromatic rings. The lowest BCUT2D eigenvalue weighted by Gasteiger charge is -2.54. The van der Waals surface area contributed by atoms with Crippen molar-refractivity contribution < 1.29 is 15.2 Å². The average Bonchev–Trinajstić information content (AvgIpc) is 3.69. The van der Waals surface area contributed by atoms with Crippen LogP contribution in [-0.4, -0.2) is 43.8 Å². The average molecular weight is 885 g/mol. The minimum Gasteiger partial charge on any atom is -0.487 e. The maximum absolute atomic E-state index is 7.32. The molecule has 1 fully saturated rings. The molecular formula is C57H55Al3O4. The smallest absolute Gasteiger partial charge is 0.487 e. The molecule has 0 saturated carbocycles. The quantitative estimate of drug-likeness (QED) is 0.108. The Balaban J connectivity index is 0.000000176. The van der Waals surface area contributed by atoms with E-state index in [1.165, 1.54) is 0 Å². The molecule has 8 aromatic carbocycles. The highest BCUT2D eigenvalue weighted by Gasteiger charge is 2.65. The Morgan fingerprint density at radius 1 is 0.328 bits per heavy atom. The van der Waals surface area contributed by atoms with E-state index >= 15 is 0 Å². The van der Waals surface area contributed by atoms with Crippen molar-refractivity contribution in [3.63, 3.8) is 0 Å². The van der Waals surface area contributed by atoms with Crippen molar-refractivity contribution in [1.29, 1.82) is 0 Å². The van der Waals surface area contributed by atoms with E-state index in [-0.39, 0.29) is 0 Å². The molecule has 0 atom stereocenters. The molecule has 4 nitrogen and oxygen atoms in total. The molecule has 1 saturated heterocycles. The highest BCUT2D eigenvalue weighted by atomic mass is 27.2. The van der Waals surface area contributed by atoms with Crippen LogP contribution in [0.5, 0.6) is 0 Å². The van der Waals surface area contributed by atoms with Gasteiger partial charge in [-0.3, -0.25) is 0 Å². The van der Waals surface area contributed by atoms with Gasteiger partial charge in [-0.05, 0) is 44.5 Å². The molecule has 0 radical (unpaired) electrons. The van der Waals surface area contributed by atoms with Crippen molar-refractivity contribution in [2.45, 2.75) is 51.3 Å². The fourth-order valence-electron chi connectivity index (χ4n) is 9.78. The third kappa shape index (κ3) is 8.57. The summed E-state index contributed by atoms with van der Waals surface area (Å²) in [5, 5.41) is 0. The summed E-state index contributed by atoms with van der Waals surface area (Å²) >= 11 is -5.16. The molecule has 1 aliphatic heterocycles. The van der Waals surface area contributed by atoms with Crippen LogP contribution in [0.2, 0.25) is 28.9 Å². The summed E-state index contributed by atoms with van der Waals surface area (Å²) in [7, 11) is 0. The second-order valence-corrected chi connectivity index (χ2v) is 23.1. The lowest BCUT2D eigenvalue weighted by atomic mass is 9.66. The Hall–Kier alpha value is -4.80. The number of rotatable bonds is 13. The largest absolute Gasteiger partial charge is 0.673 e. The minimum absolute atomic E-state index is 0.788. The van der Waals surface area contributed by atoms with Crippen LogP contribution in [0.1, 0.15) is 44.5 Å². The van der Waals surface area contributed by atoms with Crippen LogP contribution in [0.4, 0.5) is 0 Å². The molecule has 7 heteroatoms. The number of benzene rings is 8. The van der Waals surface area contributed by atoms with Crippen molar-refractivity contribution in [1.82, 2.24) is 0 Å². The first kappa shape index (κ1) is 45.8. The SMILES string of the molecule is [CH3][Al]([CH3])[O]C(c1ccccc1)(c1ccccc1)C([O][Al]([CH3])[CH3])(c1ccccc1)c1ccccc1.[CH3][Al]1[O]C(c2ccccc2)(c2ccccc2)C(c2ccccc2)(c2ccccc2)[O]1. The van der Waals surface area contributed by atoms with Crippen molar-refractivity contribution in [2.24, 2.45) is 0 Å². The molecule has 0 aromatic heterocycles. The standard InChI is InChI=1S/2C26H20O2.5CH3.3Al/c2*27-25(21-13-5-1-6-14-21,22-15-7-2-8-16-22)26(28,23-17-9-3-10-18-23)24-19-11-4-12-20-24;;;;;;;;/h2*1-20H;5*1H3;;;/q2*-2;;;;;;2*+1;+2. The topological polar surface area (TPSA) is 36.9 Å². The zero-order valence-corrected chi connectivity index (χ0v) is 40.9. The zero-order valence-electron chi connectivity index (χ0n) is 37.5. The van der Waals surface area contributed by atoms with Gasteiger partial charge in [0.25, 0.3) is 0 Å². The van der Waals surface area contributed by atoms with Crippen LogP contribution in [0.3, 0.4) is 0 Å². The highest BCUT2D eigenvalue weighted by molar-refractivity contribution is 6.49. The van der Waals surface area contributed by atoms with Gasteiger partial charge in [-0.15, -0.1) is 0 Å². The van der Waals surface area contributed by atoms with E-state index in [0.717, 1.165) is 44.5 Å². The van der Waals surface area contributed by atoms with Crippen molar-refractivity contribution in [3.8, 4) is 0 Å². The molecule has 9 rings (SSSR count). The molecule has 0 N–H and O–H groups in total. The monoisotopic (exact) mass is 884 g/mol. The Labute approximate surface area is 394 Å². The molecule has 0 aliphatic carbocycles. The Morgan fingerprint density at radius 3 is 0.703 bits per heavy atom. The summed E-state index contributed by atoms with van der Waals surface area (Å²) in [5.41, 5.74) is 5.49. The lowest BCUT2D eigenvalue weighted by molar-refractivity contribution is -0.0813. The van der Waals surface area contributed by atoms with Gasteiger partial charge in [0, 0.05) is 0 Å². The van der Waals surface area contributed by atoms with E-state index in [4.69, 9.17) is 15.2 Å². The van der Waals surface area contributed by atoms with E-state index in [1.54, 1.807) is 0 Å².